The van der Waals surface area contributed by atoms with Gasteiger partial charge in [-0.1, -0.05) is 24.3 Å². The van der Waals surface area contributed by atoms with E-state index in [-0.39, 0.29) is 16.2 Å². The lowest BCUT2D eigenvalue weighted by Gasteiger charge is -2.11. The van der Waals surface area contributed by atoms with Crippen LogP contribution in [0.15, 0.2) is 77.7 Å². The summed E-state index contributed by atoms with van der Waals surface area (Å²) in [6, 6.07) is 19.3. The average Bonchev–Trinajstić information content (AvgIpc) is 2.70. The van der Waals surface area contributed by atoms with Gasteiger partial charge in [0.2, 0.25) is 0 Å². The van der Waals surface area contributed by atoms with Gasteiger partial charge in [0.1, 0.15) is 0 Å². The molecule has 0 aliphatic rings. The monoisotopic (exact) mass is 408 g/mol. The number of hydrogen-bond donors (Lipinski definition) is 2. The van der Waals surface area contributed by atoms with Gasteiger partial charge in [-0.25, -0.2) is 8.42 Å². The minimum atomic E-state index is -3.90. The summed E-state index contributed by atoms with van der Waals surface area (Å²) in [5, 5.41) is 2.79. The zero-order valence-electron chi connectivity index (χ0n) is 16.0. The number of rotatable bonds is 6. The number of para-hydroxylation sites is 1. The summed E-state index contributed by atoms with van der Waals surface area (Å²) in [5.41, 5.74) is 2.60. The molecule has 0 bridgehead atoms. The Balaban J connectivity index is 1.81. The minimum Gasteiger partial charge on any atom is -0.322 e. The summed E-state index contributed by atoms with van der Waals surface area (Å²) in [6.45, 7) is 3.31. The number of benzene rings is 3. The van der Waals surface area contributed by atoms with Crippen LogP contribution in [0.1, 0.15) is 33.2 Å². The van der Waals surface area contributed by atoms with Crippen molar-refractivity contribution in [3.8, 4) is 0 Å². The highest BCUT2D eigenvalue weighted by atomic mass is 32.2. The van der Waals surface area contributed by atoms with Crippen molar-refractivity contribution in [2.45, 2.75) is 18.7 Å². The standard InChI is InChI=1S/C22H20N2O4S/c1-15-6-3-4-9-21(15)23-22(26)18-7-5-8-20(14-18)29(27,28)24-19-12-10-17(11-13-19)16(2)25/h3-14,24H,1-2H3,(H,23,26). The van der Waals surface area contributed by atoms with Crippen LogP contribution in [0, 0.1) is 6.92 Å². The number of hydrogen-bond acceptors (Lipinski definition) is 4. The van der Waals surface area contributed by atoms with E-state index in [0.29, 0.717) is 16.9 Å². The van der Waals surface area contributed by atoms with Gasteiger partial charge in [0.25, 0.3) is 15.9 Å². The Bertz CT molecular complexity index is 1170. The molecule has 0 aliphatic heterocycles. The molecule has 0 aromatic heterocycles. The fourth-order valence-corrected chi connectivity index (χ4v) is 3.80. The van der Waals surface area contributed by atoms with Gasteiger partial charge in [0.15, 0.2) is 5.78 Å². The first-order valence-electron chi connectivity index (χ1n) is 8.87. The minimum absolute atomic E-state index is 0.0365. The molecule has 2 N–H and O–H groups in total. The van der Waals surface area contributed by atoms with Gasteiger partial charge in [-0.15, -0.1) is 0 Å². The molecule has 3 aromatic rings. The summed E-state index contributed by atoms with van der Waals surface area (Å²) in [6.07, 6.45) is 0. The van der Waals surface area contributed by atoms with Crippen LogP contribution < -0.4 is 10.0 Å². The molecule has 148 valence electrons. The quantitative estimate of drug-likeness (QED) is 0.597. The molecule has 0 fully saturated rings. The number of carbonyl (C=O) groups excluding carboxylic acids is 2. The number of carbonyl (C=O) groups is 2. The molecule has 0 atom stereocenters. The summed E-state index contributed by atoms with van der Waals surface area (Å²) in [7, 11) is -3.90. The van der Waals surface area contributed by atoms with Crippen LogP contribution in [0.5, 0.6) is 0 Å². The van der Waals surface area contributed by atoms with Crippen molar-refractivity contribution in [3.63, 3.8) is 0 Å². The number of Topliss-reactive ketones (excluding diaryl/α,β-unsaturated/α-hetero) is 1. The van der Waals surface area contributed by atoms with Crippen molar-refractivity contribution in [3.05, 3.63) is 89.5 Å². The third-order valence-corrected chi connectivity index (χ3v) is 5.72. The van der Waals surface area contributed by atoms with Crippen LogP contribution in [-0.4, -0.2) is 20.1 Å². The van der Waals surface area contributed by atoms with E-state index in [0.717, 1.165) is 5.56 Å². The molecule has 0 unspecified atom stereocenters. The zero-order valence-corrected chi connectivity index (χ0v) is 16.8. The van der Waals surface area contributed by atoms with Crippen molar-refractivity contribution in [2.24, 2.45) is 0 Å². The van der Waals surface area contributed by atoms with E-state index < -0.39 is 15.9 Å². The van der Waals surface area contributed by atoms with Crippen LogP contribution >= 0.6 is 0 Å². The molecule has 6 nitrogen and oxygen atoms in total. The normalized spacial score (nSPS) is 11.0. The Morgan fingerprint density at radius 1 is 0.828 bits per heavy atom. The highest BCUT2D eigenvalue weighted by molar-refractivity contribution is 7.92. The Morgan fingerprint density at radius 2 is 1.52 bits per heavy atom. The Hall–Kier alpha value is -3.45. The van der Waals surface area contributed by atoms with Gasteiger partial charge >= 0.3 is 0 Å². The van der Waals surface area contributed by atoms with Gasteiger partial charge < -0.3 is 5.32 Å². The topological polar surface area (TPSA) is 92.3 Å². The van der Waals surface area contributed by atoms with E-state index in [9.17, 15) is 18.0 Å². The van der Waals surface area contributed by atoms with E-state index in [1.165, 1.54) is 37.3 Å². The summed E-state index contributed by atoms with van der Waals surface area (Å²) in [5.74, 6) is -0.506. The SMILES string of the molecule is CC(=O)c1ccc(NS(=O)(=O)c2cccc(C(=O)Nc3ccccc3C)c2)cc1. The van der Waals surface area contributed by atoms with Crippen molar-refractivity contribution < 1.29 is 18.0 Å². The zero-order chi connectivity index (χ0) is 21.0. The first-order chi connectivity index (χ1) is 13.8. The third kappa shape index (κ3) is 4.89. The molecular formula is C22H20N2O4S. The van der Waals surface area contributed by atoms with E-state index in [2.05, 4.69) is 10.0 Å². The number of aryl methyl sites for hydroxylation is 1. The molecular weight excluding hydrogens is 388 g/mol. The maximum absolute atomic E-state index is 12.7. The van der Waals surface area contributed by atoms with E-state index >= 15 is 0 Å². The Morgan fingerprint density at radius 3 is 2.17 bits per heavy atom. The van der Waals surface area contributed by atoms with E-state index in [1.807, 2.05) is 25.1 Å². The average molecular weight is 408 g/mol. The van der Waals surface area contributed by atoms with Crippen molar-refractivity contribution in [1.29, 1.82) is 0 Å². The lowest BCUT2D eigenvalue weighted by atomic mass is 10.1. The maximum atomic E-state index is 12.7. The number of sulfonamides is 1. The fraction of sp³-hybridized carbons (Fsp3) is 0.0909. The Labute approximate surface area is 169 Å². The second kappa shape index (κ2) is 8.28. The van der Waals surface area contributed by atoms with Crippen molar-refractivity contribution in [2.75, 3.05) is 10.0 Å². The second-order valence-corrected chi connectivity index (χ2v) is 8.22. The van der Waals surface area contributed by atoms with Crippen LogP contribution in [-0.2, 0) is 10.0 Å². The number of amides is 1. The summed E-state index contributed by atoms with van der Waals surface area (Å²) < 4.78 is 27.9. The largest absolute Gasteiger partial charge is 0.322 e. The van der Waals surface area contributed by atoms with E-state index in [4.69, 9.17) is 0 Å². The van der Waals surface area contributed by atoms with Crippen molar-refractivity contribution in [1.82, 2.24) is 0 Å². The van der Waals surface area contributed by atoms with Crippen LogP contribution in [0.25, 0.3) is 0 Å². The number of ketones is 1. The van der Waals surface area contributed by atoms with Crippen LogP contribution in [0.4, 0.5) is 11.4 Å². The number of anilines is 2. The van der Waals surface area contributed by atoms with Gasteiger partial charge in [0.05, 0.1) is 4.90 Å². The predicted octanol–water partition coefficient (Wildman–Crippen LogP) is 4.25. The van der Waals surface area contributed by atoms with Crippen LogP contribution in [0.3, 0.4) is 0 Å². The highest BCUT2D eigenvalue weighted by Gasteiger charge is 2.17. The molecule has 29 heavy (non-hydrogen) atoms. The highest BCUT2D eigenvalue weighted by Crippen LogP contribution is 2.20. The number of nitrogens with one attached hydrogen (secondary N) is 2. The summed E-state index contributed by atoms with van der Waals surface area (Å²) >= 11 is 0. The lowest BCUT2D eigenvalue weighted by Crippen LogP contribution is -2.16. The molecule has 3 rings (SSSR count). The summed E-state index contributed by atoms with van der Waals surface area (Å²) in [4.78, 5) is 23.9. The molecule has 0 aliphatic carbocycles. The molecule has 3 aromatic carbocycles. The molecule has 0 saturated heterocycles. The first kappa shape index (κ1) is 20.3. The fourth-order valence-electron chi connectivity index (χ4n) is 2.70. The predicted molar refractivity (Wildman–Crippen MR) is 113 cm³/mol. The Kier molecular flexibility index (Phi) is 5.79. The lowest BCUT2D eigenvalue weighted by molar-refractivity contribution is 0.101. The maximum Gasteiger partial charge on any atom is 0.261 e. The molecule has 0 saturated carbocycles. The molecule has 0 radical (unpaired) electrons. The smallest absolute Gasteiger partial charge is 0.261 e. The van der Waals surface area contributed by atoms with Gasteiger partial charge in [-0.2, -0.15) is 0 Å². The molecule has 0 spiro atoms. The van der Waals surface area contributed by atoms with E-state index in [1.54, 1.807) is 24.3 Å². The third-order valence-electron chi connectivity index (χ3n) is 4.34. The van der Waals surface area contributed by atoms with Crippen molar-refractivity contribution >= 4 is 33.1 Å². The molecule has 1 amide bonds. The van der Waals surface area contributed by atoms with Crippen LogP contribution in [0.2, 0.25) is 0 Å². The molecule has 0 heterocycles. The second-order valence-electron chi connectivity index (χ2n) is 6.54. The van der Waals surface area contributed by atoms with Gasteiger partial charge in [-0.3, -0.25) is 14.3 Å². The van der Waals surface area contributed by atoms with Gasteiger partial charge in [-0.05, 0) is 67.9 Å². The van der Waals surface area contributed by atoms with Gasteiger partial charge in [0, 0.05) is 22.5 Å². The first-order valence-corrected chi connectivity index (χ1v) is 10.4. The molecule has 7 heteroatoms.